The third-order valence-electron chi connectivity index (χ3n) is 5.04. The highest BCUT2D eigenvalue weighted by molar-refractivity contribution is 4.93. The topological polar surface area (TPSA) is 33.3 Å². The summed E-state index contributed by atoms with van der Waals surface area (Å²) in [5.41, 5.74) is 0. The van der Waals surface area contributed by atoms with Crippen LogP contribution in [0.15, 0.2) is 0 Å². The first-order valence-electron chi connectivity index (χ1n) is 8.00. The van der Waals surface area contributed by atoms with Crippen LogP contribution in [0.1, 0.15) is 51.4 Å². The number of hydrogen-bond acceptors (Lipinski definition) is 3. The van der Waals surface area contributed by atoms with Crippen LogP contribution in [-0.2, 0) is 4.74 Å². The second-order valence-corrected chi connectivity index (χ2v) is 6.34. The zero-order chi connectivity index (χ0) is 12.2. The summed E-state index contributed by atoms with van der Waals surface area (Å²) in [6.07, 6.45) is 10.9. The lowest BCUT2D eigenvalue weighted by molar-refractivity contribution is 0.0575. The molecule has 0 aromatic carbocycles. The molecule has 4 atom stereocenters. The summed E-state index contributed by atoms with van der Waals surface area (Å²) in [5, 5.41) is 7.64. The molecule has 1 aliphatic carbocycles. The van der Waals surface area contributed by atoms with Crippen molar-refractivity contribution in [2.75, 3.05) is 19.8 Å². The van der Waals surface area contributed by atoms with Crippen LogP contribution < -0.4 is 10.6 Å². The Balaban J connectivity index is 1.56. The van der Waals surface area contributed by atoms with E-state index in [0.29, 0.717) is 6.04 Å². The van der Waals surface area contributed by atoms with Gasteiger partial charge in [-0.05, 0) is 51.0 Å². The number of hydrogen-bond donors (Lipinski definition) is 2. The van der Waals surface area contributed by atoms with Crippen LogP contribution in [0.5, 0.6) is 0 Å². The van der Waals surface area contributed by atoms with Gasteiger partial charge in [0.05, 0.1) is 6.61 Å². The fraction of sp³-hybridized carbons (Fsp3) is 1.00. The summed E-state index contributed by atoms with van der Waals surface area (Å²) in [7, 11) is 0. The molecule has 2 heterocycles. The Bertz CT molecular complexity index is 247. The zero-order valence-electron chi connectivity index (χ0n) is 11.5. The number of nitrogens with one attached hydrogen (secondary N) is 2. The van der Waals surface area contributed by atoms with E-state index in [4.69, 9.17) is 4.74 Å². The first kappa shape index (κ1) is 12.9. The molecule has 2 N–H and O–H groups in total. The molecule has 0 spiro atoms. The Hall–Kier alpha value is -0.120. The summed E-state index contributed by atoms with van der Waals surface area (Å²) in [6, 6.07) is 2.14. The van der Waals surface area contributed by atoms with E-state index in [2.05, 4.69) is 10.6 Å². The van der Waals surface area contributed by atoms with Crippen molar-refractivity contribution < 1.29 is 4.74 Å². The molecule has 2 saturated heterocycles. The first-order valence-corrected chi connectivity index (χ1v) is 8.00. The molecule has 0 aromatic heterocycles. The quantitative estimate of drug-likeness (QED) is 0.807. The molecule has 3 aliphatic rings. The van der Waals surface area contributed by atoms with Gasteiger partial charge in [-0.15, -0.1) is 0 Å². The number of rotatable bonds is 3. The predicted molar refractivity (Wildman–Crippen MR) is 73.7 cm³/mol. The Kier molecular flexibility index (Phi) is 4.55. The summed E-state index contributed by atoms with van der Waals surface area (Å²) in [4.78, 5) is 0. The van der Waals surface area contributed by atoms with E-state index in [1.54, 1.807) is 0 Å². The van der Waals surface area contributed by atoms with Crippen LogP contribution in [0, 0.1) is 5.92 Å². The van der Waals surface area contributed by atoms with Gasteiger partial charge in [-0.3, -0.25) is 0 Å². The van der Waals surface area contributed by atoms with Gasteiger partial charge >= 0.3 is 0 Å². The molecular formula is C15H28N2O. The van der Waals surface area contributed by atoms with Crippen molar-refractivity contribution in [1.29, 1.82) is 0 Å². The zero-order valence-corrected chi connectivity index (χ0v) is 11.5. The largest absolute Gasteiger partial charge is 0.380 e. The molecule has 2 aliphatic heterocycles. The fourth-order valence-electron chi connectivity index (χ4n) is 4.10. The second-order valence-electron chi connectivity index (χ2n) is 6.34. The maximum atomic E-state index is 5.61. The summed E-state index contributed by atoms with van der Waals surface area (Å²) in [5.74, 6) is 0.864. The van der Waals surface area contributed by atoms with Crippen LogP contribution >= 0.6 is 0 Å². The van der Waals surface area contributed by atoms with E-state index in [1.165, 1.54) is 57.9 Å². The standard InChI is InChI=1S/C15H28N2O/c1-2-7-15(17-12-5-4-10-18-11-12)13(6-1)14-8-3-9-16-14/h12-17H,1-11H2. The van der Waals surface area contributed by atoms with Crippen molar-refractivity contribution in [3.05, 3.63) is 0 Å². The Labute approximate surface area is 111 Å². The van der Waals surface area contributed by atoms with Crippen LogP contribution in [0.3, 0.4) is 0 Å². The molecule has 3 rings (SSSR count). The van der Waals surface area contributed by atoms with Crippen LogP contribution in [-0.4, -0.2) is 37.9 Å². The van der Waals surface area contributed by atoms with Gasteiger partial charge in [-0.25, -0.2) is 0 Å². The molecule has 1 saturated carbocycles. The third kappa shape index (κ3) is 3.06. The summed E-state index contributed by atoms with van der Waals surface area (Å²) in [6.45, 7) is 3.14. The highest BCUT2D eigenvalue weighted by Crippen LogP contribution is 2.31. The number of ether oxygens (including phenoxy) is 1. The van der Waals surface area contributed by atoms with Gasteiger partial charge in [-0.1, -0.05) is 12.8 Å². The van der Waals surface area contributed by atoms with E-state index >= 15 is 0 Å². The van der Waals surface area contributed by atoms with E-state index < -0.39 is 0 Å². The van der Waals surface area contributed by atoms with Crippen LogP contribution in [0.4, 0.5) is 0 Å². The molecule has 0 amide bonds. The maximum Gasteiger partial charge on any atom is 0.0619 e. The minimum atomic E-state index is 0.616. The Morgan fingerprint density at radius 3 is 2.67 bits per heavy atom. The molecule has 3 heteroatoms. The van der Waals surface area contributed by atoms with Gasteiger partial charge in [0.1, 0.15) is 0 Å². The van der Waals surface area contributed by atoms with Gasteiger partial charge in [-0.2, -0.15) is 0 Å². The lowest BCUT2D eigenvalue weighted by atomic mass is 9.79. The van der Waals surface area contributed by atoms with Crippen molar-refractivity contribution in [1.82, 2.24) is 10.6 Å². The minimum absolute atomic E-state index is 0.616. The second kappa shape index (κ2) is 6.36. The van der Waals surface area contributed by atoms with Crippen LogP contribution in [0.25, 0.3) is 0 Å². The van der Waals surface area contributed by atoms with E-state index in [1.807, 2.05) is 0 Å². The van der Waals surface area contributed by atoms with Crippen molar-refractivity contribution in [2.45, 2.75) is 69.5 Å². The summed E-state index contributed by atoms with van der Waals surface area (Å²) < 4.78 is 5.61. The van der Waals surface area contributed by atoms with E-state index in [0.717, 1.165) is 31.2 Å². The fourth-order valence-corrected chi connectivity index (χ4v) is 4.10. The Morgan fingerprint density at radius 1 is 0.944 bits per heavy atom. The molecule has 0 aromatic rings. The molecule has 18 heavy (non-hydrogen) atoms. The Morgan fingerprint density at radius 2 is 1.89 bits per heavy atom. The van der Waals surface area contributed by atoms with Crippen molar-refractivity contribution >= 4 is 0 Å². The van der Waals surface area contributed by atoms with E-state index in [-0.39, 0.29) is 0 Å². The van der Waals surface area contributed by atoms with Crippen molar-refractivity contribution in [3.8, 4) is 0 Å². The smallest absolute Gasteiger partial charge is 0.0619 e. The average molecular weight is 252 g/mol. The van der Waals surface area contributed by atoms with E-state index in [9.17, 15) is 0 Å². The van der Waals surface area contributed by atoms with Gasteiger partial charge < -0.3 is 15.4 Å². The highest BCUT2D eigenvalue weighted by Gasteiger charge is 2.34. The van der Waals surface area contributed by atoms with Crippen LogP contribution in [0.2, 0.25) is 0 Å². The molecule has 0 radical (unpaired) electrons. The third-order valence-corrected chi connectivity index (χ3v) is 5.04. The van der Waals surface area contributed by atoms with Crippen molar-refractivity contribution in [2.24, 2.45) is 5.92 Å². The molecular weight excluding hydrogens is 224 g/mol. The molecule has 0 bridgehead atoms. The molecule has 3 fully saturated rings. The molecule has 104 valence electrons. The van der Waals surface area contributed by atoms with Crippen molar-refractivity contribution in [3.63, 3.8) is 0 Å². The SMILES string of the molecule is C1COCC(NC2CCCCC2C2CCCN2)C1. The van der Waals surface area contributed by atoms with Gasteiger partial charge in [0, 0.05) is 24.7 Å². The molecule has 3 nitrogen and oxygen atoms in total. The monoisotopic (exact) mass is 252 g/mol. The van der Waals surface area contributed by atoms with Gasteiger partial charge in [0.25, 0.3) is 0 Å². The maximum absolute atomic E-state index is 5.61. The summed E-state index contributed by atoms with van der Waals surface area (Å²) >= 11 is 0. The predicted octanol–water partition coefficient (Wildman–Crippen LogP) is 2.07. The van der Waals surface area contributed by atoms with Gasteiger partial charge in [0.15, 0.2) is 0 Å². The normalized spacial score (nSPS) is 42.0. The first-order chi connectivity index (χ1) is 8.93. The minimum Gasteiger partial charge on any atom is -0.380 e. The lowest BCUT2D eigenvalue weighted by Crippen LogP contribution is -2.52. The van der Waals surface area contributed by atoms with Gasteiger partial charge in [0.2, 0.25) is 0 Å². The average Bonchev–Trinajstić information content (AvgIpc) is 2.94. The lowest BCUT2D eigenvalue weighted by Gasteiger charge is -2.39. The molecule has 4 unspecified atom stereocenters. The highest BCUT2D eigenvalue weighted by atomic mass is 16.5.